The molecule has 1 aromatic carbocycles. The smallest absolute Gasteiger partial charge is 0.214 e. The van der Waals surface area contributed by atoms with Crippen molar-refractivity contribution in [3.63, 3.8) is 0 Å². The molecular formula is C12H12F2N2O2. The number of aromatic hydroxyl groups is 2. The molecule has 0 amide bonds. The van der Waals surface area contributed by atoms with E-state index in [1.165, 1.54) is 4.57 Å². The Bertz CT molecular complexity index is 585. The fraction of sp³-hybridized carbons (Fsp3) is 0.250. The molecule has 6 heteroatoms. The molecule has 18 heavy (non-hydrogen) atoms. The maximum atomic E-state index is 13.1. The summed E-state index contributed by atoms with van der Waals surface area (Å²) in [5, 5.41) is 18.7. The lowest BCUT2D eigenvalue weighted by Crippen LogP contribution is -1.93. The van der Waals surface area contributed by atoms with E-state index in [1.807, 2.05) is 0 Å². The molecule has 1 heterocycles. The predicted molar refractivity (Wildman–Crippen MR) is 60.4 cm³/mol. The molecule has 4 nitrogen and oxygen atoms in total. The van der Waals surface area contributed by atoms with Crippen molar-refractivity contribution >= 4 is 0 Å². The Hall–Kier alpha value is -2.11. The first-order valence-electron chi connectivity index (χ1n) is 5.28. The van der Waals surface area contributed by atoms with Crippen LogP contribution in [0.2, 0.25) is 0 Å². The zero-order valence-electron chi connectivity index (χ0n) is 9.91. The average Bonchev–Trinajstić information content (AvgIpc) is 2.54. The summed E-state index contributed by atoms with van der Waals surface area (Å²) in [4.78, 5) is 4.09. The zero-order valence-corrected chi connectivity index (χ0v) is 9.91. The number of imidazole rings is 1. The molecule has 2 rings (SSSR count). The van der Waals surface area contributed by atoms with Gasteiger partial charge in [0.15, 0.2) is 17.4 Å². The molecule has 0 saturated heterocycles. The van der Waals surface area contributed by atoms with Crippen LogP contribution in [0.15, 0.2) is 12.1 Å². The van der Waals surface area contributed by atoms with Gasteiger partial charge in [-0.05, 0) is 24.6 Å². The number of rotatable bonds is 2. The van der Waals surface area contributed by atoms with Crippen molar-refractivity contribution in [2.24, 2.45) is 7.05 Å². The van der Waals surface area contributed by atoms with E-state index >= 15 is 0 Å². The Labute approximate surface area is 102 Å². The van der Waals surface area contributed by atoms with Crippen molar-refractivity contribution in [2.75, 3.05) is 0 Å². The number of phenolic OH excluding ortho intramolecular Hbond substituents is 1. The lowest BCUT2D eigenvalue weighted by Gasteiger charge is -2.03. The largest absolute Gasteiger partial charge is 0.503 e. The van der Waals surface area contributed by atoms with Gasteiger partial charge in [0.25, 0.3) is 0 Å². The quantitative estimate of drug-likeness (QED) is 0.861. The third-order valence-electron chi connectivity index (χ3n) is 2.81. The lowest BCUT2D eigenvalue weighted by molar-refractivity contribution is 0.395. The van der Waals surface area contributed by atoms with Crippen LogP contribution in [0.1, 0.15) is 17.1 Å². The van der Waals surface area contributed by atoms with E-state index in [-0.39, 0.29) is 17.9 Å². The Kier molecular flexibility index (Phi) is 2.94. The number of hydrogen-bond donors (Lipinski definition) is 2. The highest BCUT2D eigenvalue weighted by Gasteiger charge is 2.14. The van der Waals surface area contributed by atoms with Crippen LogP contribution in [-0.2, 0) is 13.5 Å². The van der Waals surface area contributed by atoms with Crippen molar-refractivity contribution in [2.45, 2.75) is 13.3 Å². The van der Waals surface area contributed by atoms with E-state index in [9.17, 15) is 13.9 Å². The van der Waals surface area contributed by atoms with E-state index in [0.717, 1.165) is 12.1 Å². The summed E-state index contributed by atoms with van der Waals surface area (Å²) in [5.74, 6) is -2.50. The van der Waals surface area contributed by atoms with Gasteiger partial charge in [-0.2, -0.15) is 0 Å². The van der Waals surface area contributed by atoms with E-state index in [2.05, 4.69) is 4.98 Å². The number of aromatic nitrogens is 2. The Morgan fingerprint density at radius 3 is 2.22 bits per heavy atom. The van der Waals surface area contributed by atoms with Crippen LogP contribution >= 0.6 is 0 Å². The first-order chi connectivity index (χ1) is 8.40. The molecule has 2 N–H and O–H groups in total. The highest BCUT2D eigenvalue weighted by Crippen LogP contribution is 2.25. The van der Waals surface area contributed by atoms with Gasteiger partial charge in [-0.3, -0.25) is 0 Å². The predicted octanol–water partition coefficient (Wildman–Crippen LogP) is 2.01. The first-order valence-corrected chi connectivity index (χ1v) is 5.28. The number of benzene rings is 1. The Morgan fingerprint density at radius 1 is 1.22 bits per heavy atom. The fourth-order valence-electron chi connectivity index (χ4n) is 1.70. The lowest BCUT2D eigenvalue weighted by atomic mass is 10.1. The highest BCUT2D eigenvalue weighted by molar-refractivity contribution is 5.34. The summed E-state index contributed by atoms with van der Waals surface area (Å²) in [5.41, 5.74) is 0.621. The van der Waals surface area contributed by atoms with Gasteiger partial charge in [0, 0.05) is 13.5 Å². The SMILES string of the molecule is Cc1nc(Cc2cc(F)c(O)c(F)c2)c(O)n1C. The summed E-state index contributed by atoms with van der Waals surface area (Å²) in [7, 11) is 1.64. The van der Waals surface area contributed by atoms with Crippen LogP contribution in [0.25, 0.3) is 0 Å². The van der Waals surface area contributed by atoms with E-state index in [4.69, 9.17) is 5.11 Å². The van der Waals surface area contributed by atoms with Crippen molar-refractivity contribution in [3.05, 3.63) is 40.8 Å². The number of halogens is 2. The molecule has 2 aromatic rings. The van der Waals surface area contributed by atoms with Crippen LogP contribution in [0.4, 0.5) is 8.78 Å². The molecular weight excluding hydrogens is 242 g/mol. The molecule has 0 atom stereocenters. The minimum Gasteiger partial charge on any atom is -0.503 e. The molecule has 0 aliphatic heterocycles. The van der Waals surface area contributed by atoms with Crippen molar-refractivity contribution < 1.29 is 19.0 Å². The van der Waals surface area contributed by atoms with E-state index < -0.39 is 17.4 Å². The van der Waals surface area contributed by atoms with Gasteiger partial charge in [0.1, 0.15) is 11.5 Å². The van der Waals surface area contributed by atoms with Gasteiger partial charge in [-0.25, -0.2) is 13.8 Å². The van der Waals surface area contributed by atoms with Gasteiger partial charge in [-0.1, -0.05) is 0 Å². The third kappa shape index (κ3) is 2.01. The number of hydrogen-bond acceptors (Lipinski definition) is 3. The summed E-state index contributed by atoms with van der Waals surface area (Å²) in [6, 6.07) is 2.03. The van der Waals surface area contributed by atoms with Crippen molar-refractivity contribution in [1.29, 1.82) is 0 Å². The average molecular weight is 254 g/mol. The van der Waals surface area contributed by atoms with Gasteiger partial charge in [0.2, 0.25) is 5.88 Å². The number of aryl methyl sites for hydroxylation is 1. The van der Waals surface area contributed by atoms with Crippen LogP contribution in [0, 0.1) is 18.6 Å². The first kappa shape index (κ1) is 12.3. The standard InChI is InChI=1S/C12H12F2N2O2/c1-6-15-10(12(18)16(6)2)5-7-3-8(13)11(17)9(14)4-7/h3-4,17-18H,5H2,1-2H3. The molecule has 0 fully saturated rings. The van der Waals surface area contributed by atoms with Crippen LogP contribution in [-0.4, -0.2) is 19.8 Å². The summed E-state index contributed by atoms with van der Waals surface area (Å²) in [6.07, 6.45) is 0.0850. The topological polar surface area (TPSA) is 58.3 Å². The molecule has 0 unspecified atom stereocenters. The minimum atomic E-state index is -1.03. The summed E-state index contributed by atoms with van der Waals surface area (Å²) >= 11 is 0. The molecule has 0 aliphatic carbocycles. The normalized spacial score (nSPS) is 10.9. The Morgan fingerprint density at radius 2 is 1.78 bits per heavy atom. The molecule has 1 aromatic heterocycles. The fourth-order valence-corrected chi connectivity index (χ4v) is 1.70. The number of nitrogens with zero attached hydrogens (tertiary/aromatic N) is 2. The highest BCUT2D eigenvalue weighted by atomic mass is 19.1. The van der Waals surface area contributed by atoms with Crippen LogP contribution in [0.5, 0.6) is 11.6 Å². The van der Waals surface area contributed by atoms with Gasteiger partial charge < -0.3 is 14.8 Å². The molecule has 0 spiro atoms. The molecule has 0 saturated carbocycles. The second-order valence-corrected chi connectivity index (χ2v) is 4.07. The van der Waals surface area contributed by atoms with Gasteiger partial charge >= 0.3 is 0 Å². The molecule has 96 valence electrons. The van der Waals surface area contributed by atoms with E-state index in [1.54, 1.807) is 14.0 Å². The van der Waals surface area contributed by atoms with Gasteiger partial charge in [0.05, 0.1) is 0 Å². The molecule has 0 aliphatic rings. The second kappa shape index (κ2) is 4.29. The zero-order chi connectivity index (χ0) is 13.4. The maximum absolute atomic E-state index is 13.1. The van der Waals surface area contributed by atoms with Crippen molar-refractivity contribution in [1.82, 2.24) is 9.55 Å². The molecule has 0 radical (unpaired) electrons. The molecule has 0 bridgehead atoms. The van der Waals surface area contributed by atoms with Gasteiger partial charge in [-0.15, -0.1) is 0 Å². The van der Waals surface area contributed by atoms with Crippen molar-refractivity contribution in [3.8, 4) is 11.6 Å². The van der Waals surface area contributed by atoms with Crippen LogP contribution in [0.3, 0.4) is 0 Å². The monoisotopic (exact) mass is 254 g/mol. The van der Waals surface area contributed by atoms with E-state index in [0.29, 0.717) is 11.5 Å². The van der Waals surface area contributed by atoms with Crippen LogP contribution < -0.4 is 0 Å². The Balaban J connectivity index is 2.37. The number of phenols is 1. The second-order valence-electron chi connectivity index (χ2n) is 4.07. The maximum Gasteiger partial charge on any atom is 0.214 e. The minimum absolute atomic E-state index is 0.0404. The third-order valence-corrected chi connectivity index (χ3v) is 2.81. The summed E-state index contributed by atoms with van der Waals surface area (Å²) in [6.45, 7) is 1.71. The summed E-state index contributed by atoms with van der Waals surface area (Å²) < 4.78 is 27.8.